The van der Waals surface area contributed by atoms with E-state index in [9.17, 15) is 18.0 Å². The van der Waals surface area contributed by atoms with Crippen molar-refractivity contribution in [1.82, 2.24) is 16.1 Å². The number of nitrogens with one attached hydrogen (secondary N) is 4. The van der Waals surface area contributed by atoms with Gasteiger partial charge in [-0.05, 0) is 78.0 Å². The van der Waals surface area contributed by atoms with Crippen LogP contribution < -0.4 is 31.1 Å². The number of benzene rings is 3. The highest BCUT2D eigenvalue weighted by molar-refractivity contribution is 7.80. The molecule has 216 valence electrons. The van der Waals surface area contributed by atoms with Gasteiger partial charge in [-0.15, -0.1) is 13.2 Å². The molecule has 0 saturated carbocycles. The van der Waals surface area contributed by atoms with Crippen molar-refractivity contribution in [3.63, 3.8) is 0 Å². The molecular weight excluding hydrogens is 553 g/mol. The Bertz CT molecular complexity index is 1380. The van der Waals surface area contributed by atoms with Gasteiger partial charge in [0.05, 0.1) is 5.69 Å². The van der Waals surface area contributed by atoms with Crippen LogP contribution in [-0.2, 0) is 6.42 Å². The number of carbonyl (C=O) groups is 1. The lowest BCUT2D eigenvalue weighted by atomic mass is 10.0. The van der Waals surface area contributed by atoms with Crippen LogP contribution in [0.15, 0.2) is 77.8 Å². The zero-order valence-electron chi connectivity index (χ0n) is 22.5. The lowest BCUT2D eigenvalue weighted by Gasteiger charge is -2.19. The maximum atomic E-state index is 12.4. The second-order valence-corrected chi connectivity index (χ2v) is 10.0. The molecule has 3 aromatic rings. The molecule has 1 aliphatic rings. The number of aliphatic imine (C=N–C) groups is 1. The lowest BCUT2D eigenvalue weighted by molar-refractivity contribution is -0.274. The second kappa shape index (κ2) is 13.5. The van der Waals surface area contributed by atoms with Gasteiger partial charge in [0.1, 0.15) is 18.3 Å². The van der Waals surface area contributed by atoms with Crippen LogP contribution in [0.2, 0.25) is 0 Å². The first-order valence-corrected chi connectivity index (χ1v) is 13.5. The molecule has 0 saturated heterocycles. The number of para-hydroxylation sites is 1. The summed E-state index contributed by atoms with van der Waals surface area (Å²) in [5.41, 5.74) is 7.81. The molecule has 8 nitrogen and oxygen atoms in total. The SMILES string of the molecule is CC(C)c1ccccc1NC(=S)NC(=O)NCCCc1cccc(C2N=CN(c3ccc(OC(F)(F)F)cc3)N2)c1. The monoisotopic (exact) mass is 584 g/mol. The number of rotatable bonds is 9. The van der Waals surface area contributed by atoms with Crippen LogP contribution >= 0.6 is 12.2 Å². The van der Waals surface area contributed by atoms with E-state index in [1.807, 2.05) is 48.5 Å². The van der Waals surface area contributed by atoms with Crippen molar-refractivity contribution < 1.29 is 22.7 Å². The Hall–Kier alpha value is -4.16. The van der Waals surface area contributed by atoms with Gasteiger partial charge in [0.2, 0.25) is 0 Å². The molecule has 0 fully saturated rings. The fraction of sp³-hybridized carbons (Fsp3) is 0.276. The van der Waals surface area contributed by atoms with Crippen molar-refractivity contribution in [3.05, 3.63) is 89.5 Å². The highest BCUT2D eigenvalue weighted by Gasteiger charge is 2.31. The third-order valence-corrected chi connectivity index (χ3v) is 6.40. The number of thiocarbonyl (C=S) groups is 1. The molecule has 2 amide bonds. The van der Waals surface area contributed by atoms with Gasteiger partial charge in [0.25, 0.3) is 0 Å². The van der Waals surface area contributed by atoms with Crippen molar-refractivity contribution in [2.24, 2.45) is 4.99 Å². The number of ether oxygens (including phenoxy) is 1. The Labute approximate surface area is 242 Å². The maximum Gasteiger partial charge on any atom is 0.573 e. The average Bonchev–Trinajstić information content (AvgIpc) is 3.41. The molecule has 1 heterocycles. The van der Waals surface area contributed by atoms with Crippen molar-refractivity contribution in [3.8, 4) is 5.75 Å². The fourth-order valence-electron chi connectivity index (χ4n) is 4.27. The van der Waals surface area contributed by atoms with E-state index in [0.29, 0.717) is 24.6 Å². The van der Waals surface area contributed by atoms with Crippen molar-refractivity contribution in [1.29, 1.82) is 0 Å². The number of nitrogens with zero attached hydrogens (tertiary/aromatic N) is 2. The molecule has 0 aliphatic carbocycles. The molecule has 4 N–H and O–H groups in total. The van der Waals surface area contributed by atoms with Crippen molar-refractivity contribution in [2.45, 2.75) is 45.1 Å². The minimum absolute atomic E-state index is 0.229. The van der Waals surface area contributed by atoms with Crippen LogP contribution in [0.3, 0.4) is 0 Å². The third-order valence-electron chi connectivity index (χ3n) is 6.19. The van der Waals surface area contributed by atoms with E-state index >= 15 is 0 Å². The van der Waals surface area contributed by atoms with Crippen LogP contribution in [0.1, 0.15) is 49.0 Å². The number of hydrogen-bond donors (Lipinski definition) is 4. The van der Waals surface area contributed by atoms with E-state index in [1.54, 1.807) is 11.3 Å². The summed E-state index contributed by atoms with van der Waals surface area (Å²) < 4.78 is 41.1. The van der Waals surface area contributed by atoms with Gasteiger partial charge >= 0.3 is 12.4 Å². The van der Waals surface area contributed by atoms with Gasteiger partial charge in [-0.25, -0.2) is 9.79 Å². The van der Waals surface area contributed by atoms with Crippen molar-refractivity contribution in [2.75, 3.05) is 16.9 Å². The first kappa shape index (κ1) is 29.8. The molecule has 0 bridgehead atoms. The average molecular weight is 585 g/mol. The summed E-state index contributed by atoms with van der Waals surface area (Å²) in [6.45, 7) is 4.64. The van der Waals surface area contributed by atoms with E-state index in [2.05, 4.69) is 45.0 Å². The molecule has 1 atom stereocenters. The summed E-state index contributed by atoms with van der Waals surface area (Å²) in [6, 6.07) is 20.9. The molecule has 41 heavy (non-hydrogen) atoms. The highest BCUT2D eigenvalue weighted by Crippen LogP contribution is 2.27. The number of aryl methyl sites for hydroxylation is 1. The highest BCUT2D eigenvalue weighted by atomic mass is 32.1. The first-order chi connectivity index (χ1) is 19.6. The Morgan fingerprint density at radius 1 is 1.10 bits per heavy atom. The van der Waals surface area contributed by atoms with E-state index in [0.717, 1.165) is 28.8 Å². The molecule has 12 heteroatoms. The summed E-state index contributed by atoms with van der Waals surface area (Å²) in [4.78, 5) is 16.8. The molecule has 1 unspecified atom stereocenters. The molecule has 4 rings (SSSR count). The number of amides is 2. The summed E-state index contributed by atoms with van der Waals surface area (Å²) in [7, 11) is 0. The van der Waals surface area contributed by atoms with E-state index in [-0.39, 0.29) is 23.1 Å². The number of hydrazine groups is 1. The normalized spacial score (nSPS) is 14.7. The van der Waals surface area contributed by atoms with Gasteiger partial charge in [0, 0.05) is 12.2 Å². The standard InChI is InChI=1S/C29H31F3N6O2S/c1-19(2)24-10-3-4-11-25(24)35-28(41)36-27(39)33-16-6-8-20-7-5-9-21(17-20)26-34-18-38(37-26)22-12-14-23(15-13-22)40-29(30,31)32/h3-5,7,9-15,17-19,26,37H,6,8,16H2,1-2H3,(H3,33,35,36,39,41). The summed E-state index contributed by atoms with van der Waals surface area (Å²) in [6.07, 6.45) is -2.05. The van der Waals surface area contributed by atoms with Crippen LogP contribution in [-0.4, -0.2) is 30.4 Å². The van der Waals surface area contributed by atoms with Crippen LogP contribution in [0.4, 0.5) is 29.3 Å². The number of alkyl halides is 3. The first-order valence-electron chi connectivity index (χ1n) is 13.1. The Morgan fingerprint density at radius 2 is 1.85 bits per heavy atom. The van der Waals surface area contributed by atoms with Gasteiger partial charge in [-0.2, -0.15) is 5.43 Å². The quantitative estimate of drug-likeness (QED) is 0.172. The lowest BCUT2D eigenvalue weighted by Crippen LogP contribution is -2.42. The van der Waals surface area contributed by atoms with Crippen LogP contribution in [0.5, 0.6) is 5.75 Å². The Balaban J connectivity index is 1.20. The second-order valence-electron chi connectivity index (χ2n) is 9.63. The minimum atomic E-state index is -4.74. The van der Waals surface area contributed by atoms with E-state index < -0.39 is 6.36 Å². The summed E-state index contributed by atoms with van der Waals surface area (Å²) >= 11 is 5.29. The predicted octanol–water partition coefficient (Wildman–Crippen LogP) is 6.39. The van der Waals surface area contributed by atoms with Crippen LogP contribution in [0, 0.1) is 0 Å². The fourth-order valence-corrected chi connectivity index (χ4v) is 4.47. The molecular formula is C29H31F3N6O2S. The zero-order chi connectivity index (χ0) is 29.4. The van der Waals surface area contributed by atoms with Gasteiger partial charge in [0.15, 0.2) is 5.11 Å². The van der Waals surface area contributed by atoms with E-state index in [1.165, 1.54) is 24.3 Å². The summed E-state index contributed by atoms with van der Waals surface area (Å²) in [5.74, 6) is 0.0203. The largest absolute Gasteiger partial charge is 0.573 e. The predicted molar refractivity (Wildman–Crippen MR) is 158 cm³/mol. The topological polar surface area (TPSA) is 90.0 Å². The minimum Gasteiger partial charge on any atom is -0.406 e. The number of anilines is 2. The van der Waals surface area contributed by atoms with Crippen LogP contribution in [0.25, 0.3) is 0 Å². The number of halogens is 3. The number of urea groups is 1. The molecule has 1 aliphatic heterocycles. The van der Waals surface area contributed by atoms with Gasteiger partial charge in [-0.1, -0.05) is 56.3 Å². The zero-order valence-corrected chi connectivity index (χ0v) is 23.4. The number of carbonyl (C=O) groups excluding carboxylic acids is 1. The van der Waals surface area contributed by atoms with Gasteiger partial charge < -0.3 is 15.4 Å². The maximum absolute atomic E-state index is 12.4. The van der Waals surface area contributed by atoms with E-state index in [4.69, 9.17) is 12.2 Å². The summed E-state index contributed by atoms with van der Waals surface area (Å²) in [5, 5.41) is 10.4. The van der Waals surface area contributed by atoms with Gasteiger partial charge in [-0.3, -0.25) is 10.3 Å². The molecule has 0 aromatic heterocycles. The Kier molecular flexibility index (Phi) is 9.79. The van der Waals surface area contributed by atoms with Crippen molar-refractivity contribution >= 4 is 41.1 Å². The molecule has 0 radical (unpaired) electrons. The smallest absolute Gasteiger partial charge is 0.406 e. The molecule has 0 spiro atoms. The third kappa shape index (κ3) is 8.92. The number of hydrogen-bond acceptors (Lipinski definition) is 6. The Morgan fingerprint density at radius 3 is 2.59 bits per heavy atom. The molecule has 3 aromatic carbocycles.